The average molecular weight is 531 g/mol. The first kappa shape index (κ1) is 26.5. The van der Waals surface area contributed by atoms with Crippen LogP contribution in [0.5, 0.6) is 0 Å². The number of rotatable bonds is 9. The molecule has 9 nitrogen and oxygen atoms in total. The van der Waals surface area contributed by atoms with Crippen molar-refractivity contribution < 1.29 is 24.2 Å². The Hall–Kier alpha value is -2.14. The van der Waals surface area contributed by atoms with Crippen molar-refractivity contribution in [1.29, 1.82) is 0 Å². The van der Waals surface area contributed by atoms with Gasteiger partial charge in [-0.2, -0.15) is 0 Å². The first-order chi connectivity index (χ1) is 17.8. The molecule has 202 valence electrons. The zero-order chi connectivity index (χ0) is 26.2. The quantitative estimate of drug-likeness (QED) is 0.429. The largest absolute Gasteiger partial charge is 0.394 e. The Kier molecular flexibility index (Phi) is 7.55. The van der Waals surface area contributed by atoms with Gasteiger partial charge in [-0.05, 0) is 32.3 Å². The molecule has 3 amide bonds. The lowest BCUT2D eigenvalue weighted by molar-refractivity contribution is -0.143. The van der Waals surface area contributed by atoms with Gasteiger partial charge in [-0.15, -0.1) is 11.8 Å². The van der Waals surface area contributed by atoms with Crippen LogP contribution in [0.1, 0.15) is 32.3 Å². The molecule has 5 rings (SSSR count). The fourth-order valence-electron chi connectivity index (χ4n) is 6.78. The maximum absolute atomic E-state index is 14.0. The molecule has 6 atom stereocenters. The van der Waals surface area contributed by atoms with Gasteiger partial charge in [0, 0.05) is 37.5 Å². The normalized spacial score (nSPS) is 33.9. The van der Waals surface area contributed by atoms with Gasteiger partial charge in [-0.3, -0.25) is 19.3 Å². The molecule has 4 fully saturated rings. The number of nitrogens with zero attached hydrogens (tertiary/aromatic N) is 2. The number of hydrogen-bond donors (Lipinski definition) is 3. The molecule has 10 heteroatoms. The molecule has 4 aliphatic rings. The zero-order valence-electron chi connectivity index (χ0n) is 21.7. The van der Waals surface area contributed by atoms with Gasteiger partial charge >= 0.3 is 0 Å². The van der Waals surface area contributed by atoms with E-state index in [4.69, 9.17) is 4.74 Å². The molecule has 37 heavy (non-hydrogen) atoms. The third-order valence-corrected chi connectivity index (χ3v) is 10.6. The highest BCUT2D eigenvalue weighted by Gasteiger charge is 2.77. The smallest absolute Gasteiger partial charge is 0.244 e. The minimum absolute atomic E-state index is 0.135. The van der Waals surface area contributed by atoms with Gasteiger partial charge in [-0.1, -0.05) is 30.3 Å². The second-order valence-electron chi connectivity index (χ2n) is 11.0. The van der Waals surface area contributed by atoms with Crippen molar-refractivity contribution in [3.05, 3.63) is 35.9 Å². The molecule has 1 aromatic rings. The van der Waals surface area contributed by atoms with E-state index in [9.17, 15) is 19.5 Å². The summed E-state index contributed by atoms with van der Waals surface area (Å²) in [4.78, 5) is 45.1. The summed E-state index contributed by atoms with van der Waals surface area (Å²) >= 11 is 1.65. The van der Waals surface area contributed by atoms with Crippen LogP contribution in [0.2, 0.25) is 0 Å². The van der Waals surface area contributed by atoms with Crippen LogP contribution < -0.4 is 10.6 Å². The molecule has 4 saturated heterocycles. The van der Waals surface area contributed by atoms with Gasteiger partial charge in [-0.25, -0.2) is 0 Å². The summed E-state index contributed by atoms with van der Waals surface area (Å²) in [6.07, 6.45) is 1.47. The van der Waals surface area contributed by atoms with Crippen LogP contribution in [-0.4, -0.2) is 100 Å². The fraction of sp³-hybridized carbons (Fsp3) is 0.667. The van der Waals surface area contributed by atoms with Crippen LogP contribution in [0.3, 0.4) is 0 Å². The van der Waals surface area contributed by atoms with Crippen molar-refractivity contribution in [2.24, 2.45) is 11.8 Å². The van der Waals surface area contributed by atoms with Crippen LogP contribution in [0, 0.1) is 11.8 Å². The number of aliphatic hydroxyl groups excluding tert-OH is 1. The Labute approximate surface area is 222 Å². The zero-order valence-corrected chi connectivity index (χ0v) is 22.5. The van der Waals surface area contributed by atoms with E-state index in [2.05, 4.69) is 22.5 Å². The van der Waals surface area contributed by atoms with Crippen LogP contribution in [0.15, 0.2) is 30.3 Å². The van der Waals surface area contributed by atoms with Gasteiger partial charge in [0.2, 0.25) is 17.7 Å². The molecule has 2 bridgehead atoms. The number of carbonyl (C=O) groups excluding carboxylic acids is 3. The molecule has 4 aliphatic heterocycles. The number of benzene rings is 1. The number of hydrogen-bond acceptors (Lipinski definition) is 7. The highest BCUT2D eigenvalue weighted by molar-refractivity contribution is 8.02. The Bertz CT molecular complexity index is 1020. The van der Waals surface area contributed by atoms with Crippen molar-refractivity contribution in [2.75, 3.05) is 46.0 Å². The van der Waals surface area contributed by atoms with E-state index in [1.165, 1.54) is 0 Å². The molecular weight excluding hydrogens is 492 g/mol. The molecule has 1 spiro atoms. The van der Waals surface area contributed by atoms with E-state index in [-0.39, 0.29) is 24.3 Å². The average Bonchev–Trinajstić information content (AvgIpc) is 3.48. The molecule has 0 aliphatic carbocycles. The summed E-state index contributed by atoms with van der Waals surface area (Å²) in [6.45, 7) is 8.26. The number of fused-ring (bicyclic) bond motifs is 1. The molecule has 0 radical (unpaired) electrons. The third-order valence-electron chi connectivity index (χ3n) is 8.62. The van der Waals surface area contributed by atoms with Crippen LogP contribution in [-0.2, 0) is 25.7 Å². The number of nitrogens with one attached hydrogen (secondary N) is 2. The van der Waals surface area contributed by atoms with E-state index < -0.39 is 33.4 Å². The van der Waals surface area contributed by atoms with Gasteiger partial charge in [0.15, 0.2) is 0 Å². The van der Waals surface area contributed by atoms with Gasteiger partial charge in [0.05, 0.1) is 42.4 Å². The summed E-state index contributed by atoms with van der Waals surface area (Å²) in [5.41, 5.74) is 0.998. The monoisotopic (exact) mass is 530 g/mol. The van der Waals surface area contributed by atoms with Crippen molar-refractivity contribution in [3.8, 4) is 0 Å². The standard InChI is InChI=1S/C27H38N4O5S/c1-18(17-32)31-22(24(34)28-10-11-30-12-14-36-15-13-30)27-9-8-26(2,37-27)20(21(27)25(31)35)23(33)29-16-19-6-4-3-5-7-19/h3-7,18,20-22,32H,8-17H2,1-2H3,(H,28,34)(H,29,33)/t18-,20+,21+,22?,26-,27?/m1/s1. The first-order valence-corrected chi connectivity index (χ1v) is 14.1. The Balaban J connectivity index is 1.36. The topological polar surface area (TPSA) is 111 Å². The van der Waals surface area contributed by atoms with Crippen molar-refractivity contribution in [2.45, 2.75) is 54.8 Å². The fourth-order valence-corrected chi connectivity index (χ4v) is 9.12. The van der Waals surface area contributed by atoms with E-state index in [0.717, 1.165) is 31.6 Å². The Morgan fingerprint density at radius 2 is 1.89 bits per heavy atom. The van der Waals surface area contributed by atoms with Crippen molar-refractivity contribution in [1.82, 2.24) is 20.4 Å². The SMILES string of the molecule is C[C@H](CO)N1C(=O)[C@@H]2[C@@H](C(=O)NCc3ccccc3)[C@@]3(C)CCC2(S3)C1C(=O)NCCN1CCOCC1. The van der Waals surface area contributed by atoms with E-state index >= 15 is 0 Å². The van der Waals surface area contributed by atoms with E-state index in [1.807, 2.05) is 30.3 Å². The lowest BCUT2D eigenvalue weighted by atomic mass is 9.66. The molecule has 0 aromatic heterocycles. The highest BCUT2D eigenvalue weighted by atomic mass is 32.2. The highest BCUT2D eigenvalue weighted by Crippen LogP contribution is 2.71. The minimum Gasteiger partial charge on any atom is -0.394 e. The first-order valence-electron chi connectivity index (χ1n) is 13.3. The molecule has 4 heterocycles. The minimum atomic E-state index is -0.712. The predicted octanol–water partition coefficient (Wildman–Crippen LogP) is 0.613. The number of ether oxygens (including phenoxy) is 1. The number of aliphatic hydroxyl groups is 1. The maximum atomic E-state index is 14.0. The maximum Gasteiger partial charge on any atom is 0.244 e. The Morgan fingerprint density at radius 3 is 2.59 bits per heavy atom. The molecule has 3 N–H and O–H groups in total. The summed E-state index contributed by atoms with van der Waals surface area (Å²) in [5.74, 6) is -1.63. The summed E-state index contributed by atoms with van der Waals surface area (Å²) in [6, 6.07) is 8.50. The second-order valence-corrected chi connectivity index (χ2v) is 12.8. The third kappa shape index (κ3) is 4.66. The number of amides is 3. The van der Waals surface area contributed by atoms with E-state index in [1.54, 1.807) is 23.6 Å². The lowest BCUT2D eigenvalue weighted by Crippen LogP contribution is -2.56. The summed E-state index contributed by atoms with van der Waals surface area (Å²) < 4.78 is 4.31. The van der Waals surface area contributed by atoms with Crippen molar-refractivity contribution >= 4 is 29.5 Å². The number of likely N-dealkylation sites (tertiary alicyclic amines) is 1. The van der Waals surface area contributed by atoms with Gasteiger partial charge in [0.1, 0.15) is 6.04 Å². The van der Waals surface area contributed by atoms with Gasteiger partial charge in [0.25, 0.3) is 0 Å². The number of thioether (sulfide) groups is 1. The van der Waals surface area contributed by atoms with Crippen molar-refractivity contribution in [3.63, 3.8) is 0 Å². The summed E-state index contributed by atoms with van der Waals surface area (Å²) in [5, 5.41) is 16.1. The molecule has 2 unspecified atom stereocenters. The van der Waals surface area contributed by atoms with Crippen LogP contribution in [0.4, 0.5) is 0 Å². The molecular formula is C27H38N4O5S. The van der Waals surface area contributed by atoms with Crippen LogP contribution >= 0.6 is 11.8 Å². The molecule has 1 aromatic carbocycles. The van der Waals surface area contributed by atoms with Crippen LogP contribution in [0.25, 0.3) is 0 Å². The predicted molar refractivity (Wildman–Crippen MR) is 141 cm³/mol. The number of morpholine rings is 1. The Morgan fingerprint density at radius 1 is 1.16 bits per heavy atom. The summed E-state index contributed by atoms with van der Waals surface area (Å²) in [7, 11) is 0. The lowest BCUT2D eigenvalue weighted by Gasteiger charge is -2.36. The van der Waals surface area contributed by atoms with E-state index in [0.29, 0.717) is 32.7 Å². The number of carbonyl (C=O) groups is 3. The molecule has 0 saturated carbocycles. The second kappa shape index (κ2) is 10.6. The van der Waals surface area contributed by atoms with Gasteiger partial charge < -0.3 is 25.4 Å².